The number of nitrogens with two attached hydrogens (primary N) is 6. The smallest absolute Gasteiger partial charge is 0.224 e. The second-order valence-corrected chi connectivity index (χ2v) is 12.8. The van der Waals surface area contributed by atoms with Gasteiger partial charge in [-0.1, -0.05) is 25.5 Å². The van der Waals surface area contributed by atoms with E-state index in [-0.39, 0.29) is 63.2 Å². The number of phenols is 1. The Labute approximate surface area is 298 Å². The number of ketones is 2. The fraction of sp³-hybridized carbons (Fsp3) is 0.588. The van der Waals surface area contributed by atoms with E-state index in [0.717, 1.165) is 0 Å². The van der Waals surface area contributed by atoms with Gasteiger partial charge in [-0.3, -0.25) is 38.6 Å². The van der Waals surface area contributed by atoms with E-state index >= 15 is 0 Å². The van der Waals surface area contributed by atoms with Crippen LogP contribution in [-0.2, 0) is 40.0 Å². The van der Waals surface area contributed by atoms with E-state index in [1.807, 2.05) is 0 Å². The largest absolute Gasteiger partial charge is 0.508 e. The summed E-state index contributed by atoms with van der Waals surface area (Å²) >= 11 is 0. The van der Waals surface area contributed by atoms with Crippen molar-refractivity contribution in [2.24, 2.45) is 57.1 Å². The van der Waals surface area contributed by atoms with E-state index in [1.165, 1.54) is 12.1 Å². The highest BCUT2D eigenvalue weighted by atomic mass is 16.3. The van der Waals surface area contributed by atoms with E-state index in [2.05, 4.69) is 15.6 Å². The van der Waals surface area contributed by atoms with Crippen molar-refractivity contribution in [3.8, 4) is 5.75 Å². The highest BCUT2D eigenvalue weighted by Crippen LogP contribution is 2.21. The topological polar surface area (TPSA) is 332 Å². The maximum atomic E-state index is 14.0. The van der Waals surface area contributed by atoms with Crippen molar-refractivity contribution in [1.29, 1.82) is 0 Å². The van der Waals surface area contributed by atoms with Crippen molar-refractivity contribution in [2.75, 3.05) is 13.1 Å². The lowest BCUT2D eigenvalue weighted by molar-refractivity contribution is -0.135. The minimum atomic E-state index is -1.20. The van der Waals surface area contributed by atoms with Gasteiger partial charge in [-0.15, -0.1) is 0 Å². The third kappa shape index (κ3) is 18.5. The standard InChI is InChI=1S/C34H55N9O8/c1-20(7-13-29(36)47)32(50)42-26(12-14-30(37)48)28(46)19-23(17-21-8-10-24(44)11-9-21)33(51)43-25(6-4-16-41-34(39)40)27(45)18-22(31(38)49)5-2-3-15-35/h8-11,20,22-23,25-26,44H,2-7,12-19,35H2,1H3,(H2,36,47)(H2,37,48)(H2,38,49)(H,42,50)(H,43,51)(H4,39,40,41)/t20-,22+,23+,25-,26-/m0/s1. The fourth-order valence-electron chi connectivity index (χ4n) is 5.34. The van der Waals surface area contributed by atoms with Gasteiger partial charge in [0.05, 0.1) is 12.1 Å². The normalized spacial score (nSPS) is 13.8. The number of Topliss-reactive ketones (excluding diaryl/α,β-unsaturated/α-hetero) is 2. The van der Waals surface area contributed by atoms with E-state index in [4.69, 9.17) is 34.4 Å². The van der Waals surface area contributed by atoms with Crippen LogP contribution in [0.1, 0.15) is 83.1 Å². The van der Waals surface area contributed by atoms with Crippen molar-refractivity contribution in [3.63, 3.8) is 0 Å². The number of phenolic OH excluding ortho intramolecular Hbond substituents is 1. The Hall–Kier alpha value is -5.06. The molecule has 1 rings (SSSR count). The van der Waals surface area contributed by atoms with Crippen LogP contribution in [0.5, 0.6) is 5.75 Å². The number of hydrogen-bond acceptors (Lipinski definition) is 10. The molecule has 15 N–H and O–H groups in total. The summed E-state index contributed by atoms with van der Waals surface area (Å²) in [4.78, 5) is 93.2. The van der Waals surface area contributed by atoms with Gasteiger partial charge < -0.3 is 50.1 Å². The average Bonchev–Trinajstić information content (AvgIpc) is 3.06. The van der Waals surface area contributed by atoms with Gasteiger partial charge in [-0.2, -0.15) is 0 Å². The maximum Gasteiger partial charge on any atom is 0.224 e. The van der Waals surface area contributed by atoms with E-state index in [9.17, 15) is 38.7 Å². The van der Waals surface area contributed by atoms with Gasteiger partial charge in [-0.05, 0) is 69.2 Å². The van der Waals surface area contributed by atoms with Gasteiger partial charge >= 0.3 is 0 Å². The summed E-state index contributed by atoms with van der Waals surface area (Å²) in [5, 5.41) is 15.1. The lowest BCUT2D eigenvalue weighted by Crippen LogP contribution is -2.48. The van der Waals surface area contributed by atoms with Gasteiger partial charge in [-0.25, -0.2) is 0 Å². The summed E-state index contributed by atoms with van der Waals surface area (Å²) in [6.45, 7) is 2.12. The molecule has 5 atom stereocenters. The molecular formula is C34H55N9O8. The first-order chi connectivity index (χ1) is 24.0. The molecule has 51 heavy (non-hydrogen) atoms. The lowest BCUT2D eigenvalue weighted by atomic mass is 9.88. The second-order valence-electron chi connectivity index (χ2n) is 12.8. The van der Waals surface area contributed by atoms with Crippen molar-refractivity contribution in [3.05, 3.63) is 29.8 Å². The second kappa shape index (κ2) is 23.4. The fourth-order valence-corrected chi connectivity index (χ4v) is 5.34. The third-order valence-corrected chi connectivity index (χ3v) is 8.40. The molecule has 1 aromatic rings. The average molecular weight is 718 g/mol. The van der Waals surface area contributed by atoms with Crippen LogP contribution in [0.25, 0.3) is 0 Å². The van der Waals surface area contributed by atoms with Gasteiger partial charge in [0.25, 0.3) is 0 Å². The number of primary amides is 3. The van der Waals surface area contributed by atoms with Crippen molar-refractivity contribution in [1.82, 2.24) is 10.6 Å². The van der Waals surface area contributed by atoms with Crippen LogP contribution in [0.15, 0.2) is 29.3 Å². The lowest BCUT2D eigenvalue weighted by Gasteiger charge is -2.25. The molecule has 17 nitrogen and oxygen atoms in total. The molecule has 284 valence electrons. The molecule has 5 amide bonds. The van der Waals surface area contributed by atoms with Crippen LogP contribution in [-0.4, -0.2) is 77.3 Å². The van der Waals surface area contributed by atoms with Crippen LogP contribution < -0.4 is 45.0 Å². The molecule has 0 aromatic heterocycles. The number of carbonyl (C=O) groups is 7. The first kappa shape index (κ1) is 44.0. The van der Waals surface area contributed by atoms with E-state index in [0.29, 0.717) is 37.8 Å². The number of nitrogens with zero attached hydrogens (tertiary/aromatic N) is 1. The number of nitrogens with one attached hydrogen (secondary N) is 2. The van der Waals surface area contributed by atoms with Crippen LogP contribution in [0.2, 0.25) is 0 Å². The van der Waals surface area contributed by atoms with E-state index in [1.54, 1.807) is 19.1 Å². The Kier molecular flexibility index (Phi) is 20.1. The van der Waals surface area contributed by atoms with Crippen LogP contribution in [0.4, 0.5) is 0 Å². The zero-order chi connectivity index (χ0) is 38.5. The molecule has 0 bridgehead atoms. The molecule has 0 heterocycles. The molecular weight excluding hydrogens is 662 g/mol. The number of aliphatic imine (C=N–C) groups is 1. The van der Waals surface area contributed by atoms with Crippen molar-refractivity contribution in [2.45, 2.75) is 96.1 Å². The Morgan fingerprint density at radius 3 is 1.80 bits per heavy atom. The summed E-state index contributed by atoms with van der Waals surface area (Å²) in [6.07, 6.45) is 1.01. The Morgan fingerprint density at radius 2 is 1.25 bits per heavy atom. The van der Waals surface area contributed by atoms with Gasteiger partial charge in [0, 0.05) is 50.0 Å². The highest BCUT2D eigenvalue weighted by molar-refractivity contribution is 5.96. The predicted octanol–water partition coefficient (Wildman–Crippen LogP) is -1.11. The van der Waals surface area contributed by atoms with Crippen LogP contribution in [0.3, 0.4) is 0 Å². The van der Waals surface area contributed by atoms with E-state index < -0.39 is 77.4 Å². The van der Waals surface area contributed by atoms with Gasteiger partial charge in [0.15, 0.2) is 17.5 Å². The quantitative estimate of drug-likeness (QED) is 0.0298. The Balaban J connectivity index is 3.38. The van der Waals surface area contributed by atoms with Crippen molar-refractivity contribution < 1.29 is 38.7 Å². The van der Waals surface area contributed by atoms with Crippen molar-refractivity contribution >= 4 is 47.1 Å². The molecule has 17 heteroatoms. The molecule has 0 aliphatic heterocycles. The predicted molar refractivity (Wildman–Crippen MR) is 190 cm³/mol. The first-order valence-corrected chi connectivity index (χ1v) is 17.1. The molecule has 0 spiro atoms. The molecule has 0 radical (unpaired) electrons. The highest BCUT2D eigenvalue weighted by Gasteiger charge is 2.32. The zero-order valence-corrected chi connectivity index (χ0v) is 29.3. The number of amides is 5. The number of unbranched alkanes of at least 4 members (excludes halogenated alkanes) is 1. The summed E-state index contributed by atoms with van der Waals surface area (Å²) in [6, 6.07) is 3.70. The molecule has 0 saturated carbocycles. The van der Waals surface area contributed by atoms with Gasteiger partial charge in [0.2, 0.25) is 29.5 Å². The minimum absolute atomic E-state index is 0.00125. The summed E-state index contributed by atoms with van der Waals surface area (Å²) < 4.78 is 0. The summed E-state index contributed by atoms with van der Waals surface area (Å²) in [7, 11) is 0. The van der Waals surface area contributed by atoms with Gasteiger partial charge in [0.1, 0.15) is 5.75 Å². The Bertz CT molecular complexity index is 1370. The molecule has 0 aliphatic rings. The molecule has 0 aliphatic carbocycles. The number of hydrogen-bond donors (Lipinski definition) is 9. The third-order valence-electron chi connectivity index (χ3n) is 8.40. The molecule has 0 fully saturated rings. The number of aromatic hydroxyl groups is 1. The number of rotatable bonds is 27. The number of guanidine groups is 1. The minimum Gasteiger partial charge on any atom is -0.508 e. The van der Waals surface area contributed by atoms with Crippen LogP contribution in [0, 0.1) is 17.8 Å². The number of benzene rings is 1. The SMILES string of the molecule is C[C@@H](CCC(N)=O)C(=O)N[C@@H](CCC(N)=O)C(=O)C[C@@H](Cc1ccc(O)cc1)C(=O)N[C@@H](CCCN=C(N)N)C(=O)C[C@@H](CCCCN)C(N)=O. The Morgan fingerprint density at radius 1 is 0.706 bits per heavy atom. The first-order valence-electron chi connectivity index (χ1n) is 17.1. The van der Waals surface area contributed by atoms with Crippen LogP contribution >= 0.6 is 0 Å². The summed E-state index contributed by atoms with van der Waals surface area (Å²) in [5.41, 5.74) is 33.1. The monoisotopic (exact) mass is 717 g/mol. The molecule has 0 saturated heterocycles. The number of carbonyl (C=O) groups excluding carboxylic acids is 7. The summed E-state index contributed by atoms with van der Waals surface area (Å²) in [5.74, 6) is -6.91. The molecule has 0 unspecified atom stereocenters. The maximum absolute atomic E-state index is 14.0. The zero-order valence-electron chi connectivity index (χ0n) is 29.3. The molecule has 1 aromatic carbocycles.